The first kappa shape index (κ1) is 10.6. The zero-order valence-corrected chi connectivity index (χ0v) is 8.84. The number of benzene rings is 1. The molecule has 1 aromatic rings. The number of hydrogen-bond acceptors (Lipinski definition) is 1. The average molecular weight is 241 g/mol. The van der Waals surface area contributed by atoms with Crippen molar-refractivity contribution in [2.75, 3.05) is 0 Å². The van der Waals surface area contributed by atoms with Crippen LogP contribution < -0.4 is 5.32 Å². The molecule has 5 heteroatoms. The summed E-state index contributed by atoms with van der Waals surface area (Å²) >= 11 is 0. The van der Waals surface area contributed by atoms with E-state index in [2.05, 4.69) is 5.32 Å². The molecule has 1 heterocycles. The number of carbonyl (C=O) groups is 1. The summed E-state index contributed by atoms with van der Waals surface area (Å²) in [5, 5.41) is 2.74. The van der Waals surface area contributed by atoms with Crippen LogP contribution in [0.2, 0.25) is 0 Å². The molecule has 90 valence electrons. The Morgan fingerprint density at radius 2 is 2.00 bits per heavy atom. The first-order chi connectivity index (χ1) is 7.95. The first-order valence-electron chi connectivity index (χ1n) is 5.44. The van der Waals surface area contributed by atoms with Gasteiger partial charge in [-0.15, -0.1) is 0 Å². The third-order valence-electron chi connectivity index (χ3n) is 3.53. The number of fused-ring (bicyclic) bond motifs is 3. The van der Waals surface area contributed by atoms with Gasteiger partial charge in [0.1, 0.15) is 0 Å². The molecule has 1 aliphatic heterocycles. The van der Waals surface area contributed by atoms with E-state index in [-0.39, 0.29) is 17.9 Å². The van der Waals surface area contributed by atoms with E-state index in [1.54, 1.807) is 0 Å². The lowest BCUT2D eigenvalue weighted by Gasteiger charge is -2.13. The van der Waals surface area contributed by atoms with Gasteiger partial charge in [0.25, 0.3) is 0 Å². The number of alkyl halides is 3. The van der Waals surface area contributed by atoms with Crippen LogP contribution >= 0.6 is 0 Å². The first-order valence-corrected chi connectivity index (χ1v) is 5.44. The number of hydrogen-bond donors (Lipinski definition) is 1. The lowest BCUT2D eigenvalue weighted by atomic mass is 10.0. The minimum Gasteiger partial charge on any atom is -0.349 e. The van der Waals surface area contributed by atoms with Crippen molar-refractivity contribution in [1.82, 2.24) is 5.32 Å². The maximum atomic E-state index is 12.6. The minimum atomic E-state index is -4.32. The summed E-state index contributed by atoms with van der Waals surface area (Å²) < 4.78 is 37.8. The number of amides is 1. The summed E-state index contributed by atoms with van der Waals surface area (Å²) in [5.74, 6) is 0.0593. The molecule has 1 fully saturated rings. The molecule has 0 spiro atoms. The van der Waals surface area contributed by atoms with Crippen molar-refractivity contribution in [2.24, 2.45) is 5.92 Å². The molecule has 2 aliphatic rings. The van der Waals surface area contributed by atoms with Crippen LogP contribution in [-0.2, 0) is 17.4 Å². The van der Waals surface area contributed by atoms with E-state index in [0.717, 1.165) is 11.6 Å². The van der Waals surface area contributed by atoms with Gasteiger partial charge in [-0.2, -0.15) is 13.2 Å². The van der Waals surface area contributed by atoms with Gasteiger partial charge < -0.3 is 5.32 Å². The normalized spacial score (nSPS) is 26.6. The van der Waals surface area contributed by atoms with Crippen LogP contribution in [0.15, 0.2) is 18.2 Å². The molecule has 1 amide bonds. The van der Waals surface area contributed by atoms with Gasteiger partial charge in [-0.25, -0.2) is 0 Å². The molecule has 0 radical (unpaired) electrons. The summed E-state index contributed by atoms with van der Waals surface area (Å²) in [6.45, 7) is 0. The molecule has 3 rings (SSSR count). The predicted octanol–water partition coefficient (Wildman–Crippen LogP) is 2.44. The molecule has 0 aromatic heterocycles. The Balaban J connectivity index is 2.02. The Morgan fingerprint density at radius 3 is 2.71 bits per heavy atom. The van der Waals surface area contributed by atoms with Crippen molar-refractivity contribution in [3.8, 4) is 0 Å². The highest BCUT2D eigenvalue weighted by atomic mass is 19.4. The van der Waals surface area contributed by atoms with Crippen LogP contribution in [-0.4, -0.2) is 5.91 Å². The average Bonchev–Trinajstić information content (AvgIpc) is 2.71. The fourth-order valence-corrected chi connectivity index (χ4v) is 2.76. The fourth-order valence-electron chi connectivity index (χ4n) is 2.76. The number of carbonyl (C=O) groups excluding carboxylic acids is 1. The fraction of sp³-hybridized carbons (Fsp3) is 0.417. The van der Waals surface area contributed by atoms with Crippen molar-refractivity contribution >= 4 is 5.91 Å². The molecule has 1 saturated heterocycles. The number of nitrogens with one attached hydrogen (secondary N) is 1. The van der Waals surface area contributed by atoms with E-state index in [0.29, 0.717) is 18.4 Å². The summed E-state index contributed by atoms with van der Waals surface area (Å²) in [4.78, 5) is 11.2. The molecule has 17 heavy (non-hydrogen) atoms. The maximum Gasteiger partial charge on any atom is 0.416 e. The van der Waals surface area contributed by atoms with Gasteiger partial charge in [-0.05, 0) is 35.6 Å². The molecule has 2 atom stereocenters. The highest BCUT2D eigenvalue weighted by Crippen LogP contribution is 2.43. The third-order valence-corrected chi connectivity index (χ3v) is 3.53. The van der Waals surface area contributed by atoms with E-state index in [1.807, 2.05) is 0 Å². The minimum absolute atomic E-state index is 0.0666. The Labute approximate surface area is 95.8 Å². The van der Waals surface area contributed by atoms with Gasteiger partial charge in [0.05, 0.1) is 11.6 Å². The SMILES string of the molecule is O=C1CC2Cc3ccc(C(F)(F)F)cc3C2N1. The van der Waals surface area contributed by atoms with Crippen molar-refractivity contribution in [3.63, 3.8) is 0 Å². The Morgan fingerprint density at radius 1 is 1.24 bits per heavy atom. The van der Waals surface area contributed by atoms with Crippen molar-refractivity contribution in [1.29, 1.82) is 0 Å². The molecule has 0 bridgehead atoms. The van der Waals surface area contributed by atoms with Gasteiger partial charge in [-0.3, -0.25) is 4.79 Å². The molecule has 0 saturated carbocycles. The predicted molar refractivity (Wildman–Crippen MR) is 54.1 cm³/mol. The molecular formula is C12H10F3NO. The zero-order valence-electron chi connectivity index (χ0n) is 8.84. The van der Waals surface area contributed by atoms with Crippen LogP contribution in [0.4, 0.5) is 13.2 Å². The zero-order chi connectivity index (χ0) is 12.2. The molecule has 1 aliphatic carbocycles. The van der Waals surface area contributed by atoms with E-state index in [1.165, 1.54) is 12.1 Å². The summed E-state index contributed by atoms with van der Waals surface area (Å²) in [7, 11) is 0. The topological polar surface area (TPSA) is 29.1 Å². The van der Waals surface area contributed by atoms with Crippen molar-refractivity contribution in [3.05, 3.63) is 34.9 Å². The highest BCUT2D eigenvalue weighted by molar-refractivity contribution is 5.80. The van der Waals surface area contributed by atoms with Crippen LogP contribution in [0.25, 0.3) is 0 Å². The molecular weight excluding hydrogens is 231 g/mol. The third kappa shape index (κ3) is 1.61. The standard InChI is InChI=1S/C12H10F3NO/c13-12(14,15)8-2-1-6-3-7-4-10(17)16-11(7)9(6)5-8/h1-2,5,7,11H,3-4H2,(H,16,17). The van der Waals surface area contributed by atoms with Gasteiger partial charge >= 0.3 is 6.18 Å². The summed E-state index contributed by atoms with van der Waals surface area (Å²) in [6.07, 6.45) is -3.21. The second-order valence-corrected chi connectivity index (χ2v) is 4.62. The Bertz CT molecular complexity index is 495. The van der Waals surface area contributed by atoms with Gasteiger partial charge in [0, 0.05) is 6.42 Å². The van der Waals surface area contributed by atoms with E-state index < -0.39 is 11.7 Å². The van der Waals surface area contributed by atoms with Crippen LogP contribution in [0, 0.1) is 5.92 Å². The lowest BCUT2D eigenvalue weighted by molar-refractivity contribution is -0.137. The highest BCUT2D eigenvalue weighted by Gasteiger charge is 2.41. The molecule has 2 nitrogen and oxygen atoms in total. The lowest BCUT2D eigenvalue weighted by Crippen LogP contribution is -2.19. The van der Waals surface area contributed by atoms with Crippen LogP contribution in [0.3, 0.4) is 0 Å². The van der Waals surface area contributed by atoms with Gasteiger partial charge in [0.15, 0.2) is 0 Å². The summed E-state index contributed by atoms with van der Waals surface area (Å²) in [5.41, 5.74) is 0.918. The largest absolute Gasteiger partial charge is 0.416 e. The molecule has 2 unspecified atom stereocenters. The number of halogens is 3. The molecule has 1 aromatic carbocycles. The van der Waals surface area contributed by atoms with Gasteiger partial charge in [-0.1, -0.05) is 6.07 Å². The smallest absolute Gasteiger partial charge is 0.349 e. The van der Waals surface area contributed by atoms with Crippen molar-refractivity contribution < 1.29 is 18.0 Å². The van der Waals surface area contributed by atoms with Crippen LogP contribution in [0.5, 0.6) is 0 Å². The van der Waals surface area contributed by atoms with E-state index in [9.17, 15) is 18.0 Å². The van der Waals surface area contributed by atoms with Crippen molar-refractivity contribution in [2.45, 2.75) is 25.1 Å². The quantitative estimate of drug-likeness (QED) is 0.742. The van der Waals surface area contributed by atoms with Crippen LogP contribution in [0.1, 0.15) is 29.2 Å². The second kappa shape index (κ2) is 3.24. The van der Waals surface area contributed by atoms with E-state index >= 15 is 0 Å². The Hall–Kier alpha value is -1.52. The molecule has 1 N–H and O–H groups in total. The Kier molecular flexibility index (Phi) is 2.03. The summed E-state index contributed by atoms with van der Waals surface area (Å²) in [6, 6.07) is 3.59. The van der Waals surface area contributed by atoms with E-state index in [4.69, 9.17) is 0 Å². The van der Waals surface area contributed by atoms with Gasteiger partial charge in [0.2, 0.25) is 5.91 Å². The number of rotatable bonds is 0. The maximum absolute atomic E-state index is 12.6. The monoisotopic (exact) mass is 241 g/mol. The second-order valence-electron chi connectivity index (χ2n) is 4.62.